The van der Waals surface area contributed by atoms with Gasteiger partial charge in [-0.15, -0.1) is 0 Å². The van der Waals surface area contributed by atoms with E-state index in [1.807, 2.05) is 24.0 Å². The highest BCUT2D eigenvalue weighted by molar-refractivity contribution is 5.86. The van der Waals surface area contributed by atoms with Gasteiger partial charge in [-0.25, -0.2) is 0 Å². The summed E-state index contributed by atoms with van der Waals surface area (Å²) in [5.41, 5.74) is 1.02. The fraction of sp³-hybridized carbons (Fsp3) is 0.462. The molecule has 6 heteroatoms. The van der Waals surface area contributed by atoms with Gasteiger partial charge in [0, 0.05) is 31.5 Å². The normalized spacial score (nSPS) is 23.9. The Balaban J connectivity index is 2.16. The van der Waals surface area contributed by atoms with Gasteiger partial charge in [-0.05, 0) is 24.6 Å². The minimum atomic E-state index is -0.964. The molecule has 1 aliphatic rings. The van der Waals surface area contributed by atoms with Crippen molar-refractivity contribution >= 4 is 11.9 Å². The lowest BCUT2D eigenvalue weighted by molar-refractivity contribution is -0.144. The Hall–Kier alpha value is -1.95. The van der Waals surface area contributed by atoms with Crippen LogP contribution < -0.4 is 5.32 Å². The number of aliphatic carboxylic acids is 1. The number of piperazine rings is 1. The molecule has 1 aromatic heterocycles. The average molecular weight is 263 g/mol. The maximum atomic E-state index is 11.8. The summed E-state index contributed by atoms with van der Waals surface area (Å²) in [5, 5.41) is 11.7. The predicted octanol–water partition coefficient (Wildman–Crippen LogP) is 0.245. The molecule has 1 saturated heterocycles. The van der Waals surface area contributed by atoms with E-state index in [0.717, 1.165) is 5.56 Å². The van der Waals surface area contributed by atoms with Gasteiger partial charge in [0.15, 0.2) is 0 Å². The van der Waals surface area contributed by atoms with Gasteiger partial charge in [0.25, 0.3) is 0 Å². The van der Waals surface area contributed by atoms with Crippen LogP contribution in [0.5, 0.6) is 0 Å². The summed E-state index contributed by atoms with van der Waals surface area (Å²) in [5.74, 6) is -1.18. The van der Waals surface area contributed by atoms with Crippen LogP contribution in [0.25, 0.3) is 0 Å². The Morgan fingerprint density at radius 3 is 2.84 bits per heavy atom. The van der Waals surface area contributed by atoms with E-state index >= 15 is 0 Å². The van der Waals surface area contributed by atoms with Crippen LogP contribution in [0.15, 0.2) is 24.5 Å². The van der Waals surface area contributed by atoms with E-state index in [9.17, 15) is 9.59 Å². The maximum Gasteiger partial charge on any atom is 0.305 e. The van der Waals surface area contributed by atoms with Crippen LogP contribution in [-0.2, 0) is 16.1 Å². The molecule has 0 aliphatic carbocycles. The van der Waals surface area contributed by atoms with Crippen molar-refractivity contribution in [2.75, 3.05) is 6.54 Å². The second kappa shape index (κ2) is 5.79. The van der Waals surface area contributed by atoms with Crippen LogP contribution in [0.3, 0.4) is 0 Å². The third kappa shape index (κ3) is 3.29. The SMILES string of the molecule is CC1CNC(=O)C(CC(=O)O)N1Cc1ccncc1. The van der Waals surface area contributed by atoms with Crippen molar-refractivity contribution in [2.24, 2.45) is 0 Å². The molecule has 1 amide bonds. The van der Waals surface area contributed by atoms with E-state index < -0.39 is 12.0 Å². The van der Waals surface area contributed by atoms with Gasteiger partial charge in [0.05, 0.1) is 6.42 Å². The molecule has 2 heterocycles. The summed E-state index contributed by atoms with van der Waals surface area (Å²) < 4.78 is 0. The second-order valence-electron chi connectivity index (χ2n) is 4.74. The number of carbonyl (C=O) groups excluding carboxylic acids is 1. The minimum Gasteiger partial charge on any atom is -0.481 e. The van der Waals surface area contributed by atoms with Crippen LogP contribution in [0.4, 0.5) is 0 Å². The Morgan fingerprint density at radius 2 is 2.21 bits per heavy atom. The first kappa shape index (κ1) is 13.5. The molecular formula is C13H17N3O3. The molecule has 2 unspecified atom stereocenters. The lowest BCUT2D eigenvalue weighted by atomic mass is 10.0. The Labute approximate surface area is 111 Å². The topological polar surface area (TPSA) is 82.5 Å². The number of aromatic nitrogens is 1. The van der Waals surface area contributed by atoms with Gasteiger partial charge < -0.3 is 10.4 Å². The third-order valence-electron chi connectivity index (χ3n) is 3.32. The number of rotatable bonds is 4. The summed E-state index contributed by atoms with van der Waals surface area (Å²) >= 11 is 0. The molecule has 0 aromatic carbocycles. The molecule has 2 rings (SSSR count). The summed E-state index contributed by atoms with van der Waals surface area (Å²) in [4.78, 5) is 28.6. The fourth-order valence-corrected chi connectivity index (χ4v) is 2.28. The summed E-state index contributed by atoms with van der Waals surface area (Å²) in [6, 6.07) is 3.23. The standard InChI is InChI=1S/C13H17N3O3/c1-9-7-15-13(19)11(6-12(17)18)16(9)8-10-2-4-14-5-3-10/h2-5,9,11H,6-8H2,1H3,(H,15,19)(H,17,18). The molecule has 0 radical (unpaired) electrons. The first-order valence-electron chi connectivity index (χ1n) is 6.22. The van der Waals surface area contributed by atoms with E-state index in [1.54, 1.807) is 12.4 Å². The smallest absolute Gasteiger partial charge is 0.305 e. The van der Waals surface area contributed by atoms with E-state index in [0.29, 0.717) is 13.1 Å². The lowest BCUT2D eigenvalue weighted by Crippen LogP contribution is -2.59. The molecular weight excluding hydrogens is 246 g/mol. The van der Waals surface area contributed by atoms with Crippen LogP contribution >= 0.6 is 0 Å². The quantitative estimate of drug-likeness (QED) is 0.813. The molecule has 0 saturated carbocycles. The number of hydrogen-bond acceptors (Lipinski definition) is 4. The third-order valence-corrected chi connectivity index (χ3v) is 3.32. The zero-order chi connectivity index (χ0) is 13.8. The van der Waals surface area contributed by atoms with Gasteiger partial charge >= 0.3 is 5.97 Å². The Bertz CT molecular complexity index is 463. The maximum absolute atomic E-state index is 11.8. The number of hydrogen-bond donors (Lipinski definition) is 2. The molecule has 1 fully saturated rings. The van der Waals surface area contributed by atoms with Gasteiger partial charge in [0.1, 0.15) is 6.04 Å². The van der Waals surface area contributed by atoms with Gasteiger partial charge in [0.2, 0.25) is 5.91 Å². The van der Waals surface area contributed by atoms with Crippen molar-refractivity contribution in [1.82, 2.24) is 15.2 Å². The number of nitrogens with one attached hydrogen (secondary N) is 1. The first-order chi connectivity index (χ1) is 9.08. The summed E-state index contributed by atoms with van der Waals surface area (Å²) in [6.45, 7) is 3.07. The predicted molar refractivity (Wildman–Crippen MR) is 68.3 cm³/mol. The molecule has 19 heavy (non-hydrogen) atoms. The zero-order valence-corrected chi connectivity index (χ0v) is 10.7. The molecule has 2 N–H and O–H groups in total. The largest absolute Gasteiger partial charge is 0.481 e. The Morgan fingerprint density at radius 1 is 1.53 bits per heavy atom. The summed E-state index contributed by atoms with van der Waals surface area (Å²) in [6.07, 6.45) is 3.20. The second-order valence-corrected chi connectivity index (χ2v) is 4.74. The number of amides is 1. The zero-order valence-electron chi connectivity index (χ0n) is 10.7. The van der Waals surface area contributed by atoms with E-state index in [2.05, 4.69) is 10.3 Å². The number of carboxylic acid groups (broad SMARTS) is 1. The van der Waals surface area contributed by atoms with Crippen molar-refractivity contribution < 1.29 is 14.7 Å². The van der Waals surface area contributed by atoms with Crippen molar-refractivity contribution in [3.8, 4) is 0 Å². The molecule has 0 bridgehead atoms. The fourth-order valence-electron chi connectivity index (χ4n) is 2.28. The van der Waals surface area contributed by atoms with Crippen LogP contribution in [0, 0.1) is 0 Å². The molecule has 1 aliphatic heterocycles. The molecule has 6 nitrogen and oxygen atoms in total. The van der Waals surface area contributed by atoms with Gasteiger partial charge in [-0.2, -0.15) is 0 Å². The average Bonchev–Trinajstić information content (AvgIpc) is 2.39. The van der Waals surface area contributed by atoms with E-state index in [4.69, 9.17) is 5.11 Å². The monoisotopic (exact) mass is 263 g/mol. The highest BCUT2D eigenvalue weighted by Crippen LogP contribution is 2.17. The van der Waals surface area contributed by atoms with E-state index in [1.165, 1.54) is 0 Å². The minimum absolute atomic E-state index is 0.107. The van der Waals surface area contributed by atoms with Crippen molar-refractivity contribution in [3.05, 3.63) is 30.1 Å². The van der Waals surface area contributed by atoms with Crippen molar-refractivity contribution in [2.45, 2.75) is 32.0 Å². The van der Waals surface area contributed by atoms with Crippen LogP contribution in [0.2, 0.25) is 0 Å². The number of nitrogens with zero attached hydrogens (tertiary/aromatic N) is 2. The highest BCUT2D eigenvalue weighted by Gasteiger charge is 2.35. The molecule has 1 aromatic rings. The van der Waals surface area contributed by atoms with Crippen molar-refractivity contribution in [3.63, 3.8) is 0 Å². The molecule has 0 spiro atoms. The number of carboxylic acids is 1. The van der Waals surface area contributed by atoms with Crippen molar-refractivity contribution in [1.29, 1.82) is 0 Å². The van der Waals surface area contributed by atoms with E-state index in [-0.39, 0.29) is 18.4 Å². The number of pyridine rings is 1. The Kier molecular flexibility index (Phi) is 4.11. The highest BCUT2D eigenvalue weighted by atomic mass is 16.4. The molecule has 2 atom stereocenters. The lowest BCUT2D eigenvalue weighted by Gasteiger charge is -2.39. The van der Waals surface area contributed by atoms with Gasteiger partial charge in [-0.1, -0.05) is 0 Å². The number of carbonyl (C=O) groups is 2. The van der Waals surface area contributed by atoms with Crippen LogP contribution in [0.1, 0.15) is 18.9 Å². The van der Waals surface area contributed by atoms with Crippen LogP contribution in [-0.4, -0.2) is 45.5 Å². The first-order valence-corrected chi connectivity index (χ1v) is 6.22. The summed E-state index contributed by atoms with van der Waals surface area (Å²) in [7, 11) is 0. The van der Waals surface area contributed by atoms with Gasteiger partial charge in [-0.3, -0.25) is 19.5 Å². The molecule has 102 valence electrons.